The van der Waals surface area contributed by atoms with Gasteiger partial charge in [-0.25, -0.2) is 9.37 Å². The van der Waals surface area contributed by atoms with Gasteiger partial charge >= 0.3 is 0 Å². The van der Waals surface area contributed by atoms with Crippen LogP contribution in [0.4, 0.5) is 21.8 Å². The van der Waals surface area contributed by atoms with E-state index in [0.29, 0.717) is 12.5 Å². The fourth-order valence-corrected chi connectivity index (χ4v) is 2.77. The predicted molar refractivity (Wildman–Crippen MR) is 105 cm³/mol. The lowest BCUT2D eigenvalue weighted by Gasteiger charge is -2.12. The molecule has 0 saturated heterocycles. The van der Waals surface area contributed by atoms with Gasteiger partial charge in [0.05, 0.1) is 0 Å². The van der Waals surface area contributed by atoms with Gasteiger partial charge in [0.15, 0.2) is 0 Å². The van der Waals surface area contributed by atoms with E-state index in [-0.39, 0.29) is 5.82 Å². The maximum atomic E-state index is 12.9. The first kappa shape index (κ1) is 17.9. The topological polar surface area (TPSA) is 49.8 Å². The quantitative estimate of drug-likeness (QED) is 0.661. The zero-order chi connectivity index (χ0) is 18.5. The van der Waals surface area contributed by atoms with Crippen LogP contribution in [-0.4, -0.2) is 16.5 Å². The SMILES string of the molecule is Cc1ccc(Nc2cc(C)nc(NCCc3ccc(F)cc3)n2)c(C)c1. The second kappa shape index (κ2) is 7.95. The molecule has 1 aromatic heterocycles. The second-order valence-corrected chi connectivity index (χ2v) is 6.46. The average Bonchev–Trinajstić information content (AvgIpc) is 2.59. The molecule has 5 heteroatoms. The van der Waals surface area contributed by atoms with Crippen molar-refractivity contribution in [2.24, 2.45) is 0 Å². The first-order valence-corrected chi connectivity index (χ1v) is 8.68. The Labute approximate surface area is 153 Å². The van der Waals surface area contributed by atoms with Crippen molar-refractivity contribution in [2.45, 2.75) is 27.2 Å². The highest BCUT2D eigenvalue weighted by Gasteiger charge is 2.05. The van der Waals surface area contributed by atoms with Gasteiger partial charge < -0.3 is 10.6 Å². The number of anilines is 3. The highest BCUT2D eigenvalue weighted by atomic mass is 19.1. The van der Waals surface area contributed by atoms with E-state index in [1.165, 1.54) is 23.3 Å². The van der Waals surface area contributed by atoms with Gasteiger partial charge in [0.2, 0.25) is 5.95 Å². The summed E-state index contributed by atoms with van der Waals surface area (Å²) in [6, 6.07) is 14.7. The predicted octanol–water partition coefficient (Wildman–Crippen LogP) is 4.94. The molecule has 1 heterocycles. The molecule has 2 N–H and O–H groups in total. The normalized spacial score (nSPS) is 10.6. The van der Waals surface area contributed by atoms with Crippen molar-refractivity contribution < 1.29 is 4.39 Å². The van der Waals surface area contributed by atoms with Crippen LogP contribution in [-0.2, 0) is 6.42 Å². The zero-order valence-electron chi connectivity index (χ0n) is 15.3. The molecule has 0 saturated carbocycles. The van der Waals surface area contributed by atoms with Crippen LogP contribution in [0.2, 0.25) is 0 Å². The molecule has 4 nitrogen and oxygen atoms in total. The van der Waals surface area contributed by atoms with E-state index in [4.69, 9.17) is 0 Å². The van der Waals surface area contributed by atoms with Gasteiger partial charge in [0.1, 0.15) is 11.6 Å². The Morgan fingerprint density at radius 1 is 0.923 bits per heavy atom. The van der Waals surface area contributed by atoms with Gasteiger partial charge in [-0.15, -0.1) is 0 Å². The molecular weight excluding hydrogens is 327 g/mol. The van der Waals surface area contributed by atoms with Crippen LogP contribution in [0.1, 0.15) is 22.4 Å². The summed E-state index contributed by atoms with van der Waals surface area (Å²) in [6.07, 6.45) is 0.775. The first-order valence-electron chi connectivity index (χ1n) is 8.68. The lowest BCUT2D eigenvalue weighted by molar-refractivity contribution is 0.627. The smallest absolute Gasteiger partial charge is 0.224 e. The number of aryl methyl sites for hydroxylation is 3. The molecule has 0 fully saturated rings. The largest absolute Gasteiger partial charge is 0.354 e. The third-order valence-corrected chi connectivity index (χ3v) is 4.11. The molecule has 0 radical (unpaired) electrons. The minimum atomic E-state index is -0.217. The average molecular weight is 350 g/mol. The van der Waals surface area contributed by atoms with Gasteiger partial charge in [-0.3, -0.25) is 0 Å². The van der Waals surface area contributed by atoms with Gasteiger partial charge in [0, 0.05) is 24.0 Å². The van der Waals surface area contributed by atoms with E-state index in [2.05, 4.69) is 52.6 Å². The van der Waals surface area contributed by atoms with E-state index >= 15 is 0 Å². The highest BCUT2D eigenvalue weighted by Crippen LogP contribution is 2.21. The molecule has 0 aliphatic heterocycles. The summed E-state index contributed by atoms with van der Waals surface area (Å²) in [5.74, 6) is 1.12. The molecule has 3 aromatic rings. The summed E-state index contributed by atoms with van der Waals surface area (Å²) in [5, 5.41) is 6.60. The van der Waals surface area contributed by atoms with E-state index in [1.807, 2.05) is 13.0 Å². The fourth-order valence-electron chi connectivity index (χ4n) is 2.77. The lowest BCUT2D eigenvalue weighted by Crippen LogP contribution is -2.10. The third kappa shape index (κ3) is 4.79. The number of hydrogen-bond acceptors (Lipinski definition) is 4. The number of hydrogen-bond donors (Lipinski definition) is 2. The van der Waals surface area contributed by atoms with Crippen molar-refractivity contribution >= 4 is 17.5 Å². The van der Waals surface area contributed by atoms with E-state index in [9.17, 15) is 4.39 Å². The number of nitrogens with one attached hydrogen (secondary N) is 2. The summed E-state index contributed by atoms with van der Waals surface area (Å²) in [7, 11) is 0. The molecule has 0 atom stereocenters. The van der Waals surface area contributed by atoms with Crippen molar-refractivity contribution in [3.8, 4) is 0 Å². The molecule has 0 amide bonds. The Hall–Kier alpha value is -2.95. The van der Waals surface area contributed by atoms with Crippen molar-refractivity contribution in [1.29, 1.82) is 0 Å². The standard InChI is InChI=1S/C21H23FN4/c1-14-4-9-19(15(2)12-14)25-20-13-16(3)24-21(26-20)23-11-10-17-5-7-18(22)8-6-17/h4-9,12-13H,10-11H2,1-3H3,(H2,23,24,25,26). The van der Waals surface area contributed by atoms with Crippen LogP contribution in [0.5, 0.6) is 0 Å². The Bertz CT molecular complexity index is 891. The van der Waals surface area contributed by atoms with Crippen LogP contribution in [0.15, 0.2) is 48.5 Å². The van der Waals surface area contributed by atoms with Crippen LogP contribution < -0.4 is 10.6 Å². The fraction of sp³-hybridized carbons (Fsp3) is 0.238. The molecular formula is C21H23FN4. The summed E-state index contributed by atoms with van der Waals surface area (Å²) < 4.78 is 12.9. The number of rotatable bonds is 6. The van der Waals surface area contributed by atoms with E-state index < -0.39 is 0 Å². The molecule has 0 spiro atoms. The second-order valence-electron chi connectivity index (χ2n) is 6.46. The number of nitrogens with zero attached hydrogens (tertiary/aromatic N) is 2. The molecule has 26 heavy (non-hydrogen) atoms. The van der Waals surface area contributed by atoms with Crippen LogP contribution in [0.3, 0.4) is 0 Å². The molecule has 134 valence electrons. The summed E-state index contributed by atoms with van der Waals surface area (Å²) in [5.41, 5.74) is 5.39. The maximum Gasteiger partial charge on any atom is 0.224 e. The Morgan fingerprint density at radius 2 is 1.69 bits per heavy atom. The zero-order valence-corrected chi connectivity index (χ0v) is 15.3. The Morgan fingerprint density at radius 3 is 2.42 bits per heavy atom. The highest BCUT2D eigenvalue weighted by molar-refractivity contribution is 5.61. The summed E-state index contributed by atoms with van der Waals surface area (Å²) in [6.45, 7) is 6.78. The van der Waals surface area contributed by atoms with Crippen molar-refractivity contribution in [3.63, 3.8) is 0 Å². The van der Waals surface area contributed by atoms with Gasteiger partial charge in [-0.2, -0.15) is 4.98 Å². The van der Waals surface area contributed by atoms with Crippen LogP contribution in [0, 0.1) is 26.6 Å². The third-order valence-electron chi connectivity index (χ3n) is 4.11. The summed E-state index contributed by atoms with van der Waals surface area (Å²) in [4.78, 5) is 8.98. The molecule has 3 rings (SSSR count). The van der Waals surface area contributed by atoms with Crippen molar-refractivity contribution in [2.75, 3.05) is 17.2 Å². The Balaban J connectivity index is 1.66. The van der Waals surface area contributed by atoms with Crippen LogP contribution >= 0.6 is 0 Å². The van der Waals surface area contributed by atoms with Gasteiger partial charge in [0.25, 0.3) is 0 Å². The Kier molecular flexibility index (Phi) is 5.46. The van der Waals surface area contributed by atoms with E-state index in [1.54, 1.807) is 12.1 Å². The minimum Gasteiger partial charge on any atom is -0.354 e. The number of benzene rings is 2. The monoisotopic (exact) mass is 350 g/mol. The van der Waals surface area contributed by atoms with Gasteiger partial charge in [-0.1, -0.05) is 29.8 Å². The molecule has 0 unspecified atom stereocenters. The van der Waals surface area contributed by atoms with Gasteiger partial charge in [-0.05, 0) is 56.5 Å². The van der Waals surface area contributed by atoms with Crippen LogP contribution in [0.25, 0.3) is 0 Å². The molecule has 0 aliphatic rings. The maximum absolute atomic E-state index is 12.9. The molecule has 0 aliphatic carbocycles. The molecule has 0 bridgehead atoms. The minimum absolute atomic E-state index is 0.217. The first-order chi connectivity index (χ1) is 12.5. The number of halogens is 1. The van der Waals surface area contributed by atoms with E-state index in [0.717, 1.165) is 29.2 Å². The van der Waals surface area contributed by atoms with Crippen molar-refractivity contribution in [1.82, 2.24) is 9.97 Å². The van der Waals surface area contributed by atoms with Crippen molar-refractivity contribution in [3.05, 3.63) is 76.7 Å². The number of aromatic nitrogens is 2. The molecule has 2 aromatic carbocycles. The summed E-state index contributed by atoms with van der Waals surface area (Å²) >= 11 is 0. The lowest BCUT2D eigenvalue weighted by atomic mass is 10.1.